The minimum atomic E-state index is 0.304. The predicted octanol–water partition coefficient (Wildman–Crippen LogP) is 1.36. The van der Waals surface area contributed by atoms with Gasteiger partial charge in [0.25, 0.3) is 0 Å². The van der Waals surface area contributed by atoms with Crippen molar-refractivity contribution in [2.75, 3.05) is 26.9 Å². The normalized spacial score (nSPS) is 21.9. The van der Waals surface area contributed by atoms with Gasteiger partial charge in [0.2, 0.25) is 0 Å². The predicted molar refractivity (Wildman–Crippen MR) is 54.6 cm³/mol. The third kappa shape index (κ3) is 2.05. The monoisotopic (exact) mass is 193 g/mol. The molecule has 1 aliphatic heterocycles. The molecule has 1 unspecified atom stereocenters. The van der Waals surface area contributed by atoms with Crippen LogP contribution in [-0.4, -0.2) is 26.9 Å². The van der Waals surface area contributed by atoms with E-state index in [1.165, 1.54) is 5.56 Å². The van der Waals surface area contributed by atoms with Gasteiger partial charge < -0.3 is 14.8 Å². The van der Waals surface area contributed by atoms with Gasteiger partial charge in [-0.3, -0.25) is 0 Å². The summed E-state index contributed by atoms with van der Waals surface area (Å²) in [5, 5.41) is 3.41. The molecule has 0 aromatic heterocycles. The van der Waals surface area contributed by atoms with E-state index in [9.17, 15) is 0 Å². The van der Waals surface area contributed by atoms with E-state index in [0.717, 1.165) is 25.5 Å². The molecular weight excluding hydrogens is 178 g/mol. The fourth-order valence-corrected chi connectivity index (χ4v) is 1.64. The highest BCUT2D eigenvalue weighted by molar-refractivity contribution is 5.30. The number of morpholine rings is 1. The molecule has 0 saturated carbocycles. The number of hydrogen-bond acceptors (Lipinski definition) is 3. The number of rotatable bonds is 2. The van der Waals surface area contributed by atoms with E-state index in [1.54, 1.807) is 7.11 Å². The summed E-state index contributed by atoms with van der Waals surface area (Å²) in [7, 11) is 1.68. The zero-order valence-corrected chi connectivity index (χ0v) is 8.32. The molecule has 0 bridgehead atoms. The molecule has 1 N–H and O–H groups in total. The standard InChI is InChI=1S/C11H15NO2/c1-13-10-4-2-3-9(7-10)11-8-14-6-5-12-11/h2-4,7,11-12H,5-6,8H2,1H3. The van der Waals surface area contributed by atoms with Crippen LogP contribution in [0.1, 0.15) is 11.6 Å². The van der Waals surface area contributed by atoms with Gasteiger partial charge in [-0.05, 0) is 17.7 Å². The quantitative estimate of drug-likeness (QED) is 0.769. The van der Waals surface area contributed by atoms with Crippen molar-refractivity contribution in [3.63, 3.8) is 0 Å². The highest BCUT2D eigenvalue weighted by atomic mass is 16.5. The van der Waals surface area contributed by atoms with Crippen molar-refractivity contribution in [1.29, 1.82) is 0 Å². The minimum Gasteiger partial charge on any atom is -0.497 e. The van der Waals surface area contributed by atoms with E-state index < -0.39 is 0 Å². The first-order valence-corrected chi connectivity index (χ1v) is 4.85. The molecule has 1 heterocycles. The van der Waals surface area contributed by atoms with Crippen LogP contribution in [0.4, 0.5) is 0 Å². The third-order valence-electron chi connectivity index (χ3n) is 2.42. The maximum Gasteiger partial charge on any atom is 0.119 e. The van der Waals surface area contributed by atoms with E-state index in [1.807, 2.05) is 18.2 Å². The molecule has 0 aliphatic carbocycles. The molecule has 0 amide bonds. The first-order valence-electron chi connectivity index (χ1n) is 4.85. The number of nitrogens with one attached hydrogen (secondary N) is 1. The molecule has 1 fully saturated rings. The Labute approximate surface area is 84.0 Å². The zero-order valence-electron chi connectivity index (χ0n) is 8.32. The molecule has 1 atom stereocenters. The van der Waals surface area contributed by atoms with Crippen LogP contribution in [0.25, 0.3) is 0 Å². The van der Waals surface area contributed by atoms with Gasteiger partial charge in [0.05, 0.1) is 26.4 Å². The van der Waals surface area contributed by atoms with Gasteiger partial charge in [-0.2, -0.15) is 0 Å². The Morgan fingerprint density at radius 3 is 3.14 bits per heavy atom. The number of hydrogen-bond donors (Lipinski definition) is 1. The number of ether oxygens (including phenoxy) is 2. The van der Waals surface area contributed by atoms with Crippen LogP contribution in [-0.2, 0) is 4.74 Å². The summed E-state index contributed by atoms with van der Waals surface area (Å²) < 4.78 is 10.6. The van der Waals surface area contributed by atoms with Crippen molar-refractivity contribution < 1.29 is 9.47 Å². The smallest absolute Gasteiger partial charge is 0.119 e. The summed E-state index contributed by atoms with van der Waals surface area (Å²) in [6.07, 6.45) is 0. The summed E-state index contributed by atoms with van der Waals surface area (Å²) in [6, 6.07) is 8.40. The van der Waals surface area contributed by atoms with E-state index in [4.69, 9.17) is 9.47 Å². The molecule has 1 aromatic carbocycles. The molecular formula is C11H15NO2. The Morgan fingerprint density at radius 2 is 2.43 bits per heavy atom. The van der Waals surface area contributed by atoms with E-state index in [2.05, 4.69) is 11.4 Å². The van der Waals surface area contributed by atoms with Crippen molar-refractivity contribution in [3.8, 4) is 5.75 Å². The summed E-state index contributed by atoms with van der Waals surface area (Å²) in [5.74, 6) is 0.898. The fraction of sp³-hybridized carbons (Fsp3) is 0.455. The summed E-state index contributed by atoms with van der Waals surface area (Å²) >= 11 is 0. The van der Waals surface area contributed by atoms with E-state index in [0.29, 0.717) is 6.04 Å². The van der Waals surface area contributed by atoms with Crippen molar-refractivity contribution in [3.05, 3.63) is 29.8 Å². The average molecular weight is 193 g/mol. The molecule has 3 heteroatoms. The fourth-order valence-electron chi connectivity index (χ4n) is 1.64. The molecule has 1 aromatic rings. The van der Waals surface area contributed by atoms with Crippen LogP contribution in [0.2, 0.25) is 0 Å². The van der Waals surface area contributed by atoms with Gasteiger partial charge in [0, 0.05) is 6.54 Å². The van der Waals surface area contributed by atoms with Crippen LogP contribution in [0.15, 0.2) is 24.3 Å². The Kier molecular flexibility index (Phi) is 3.01. The lowest BCUT2D eigenvalue weighted by molar-refractivity contribution is 0.0768. The van der Waals surface area contributed by atoms with Gasteiger partial charge in [-0.1, -0.05) is 12.1 Å². The Balaban J connectivity index is 2.13. The van der Waals surface area contributed by atoms with Gasteiger partial charge >= 0.3 is 0 Å². The van der Waals surface area contributed by atoms with Gasteiger partial charge in [0.1, 0.15) is 5.75 Å². The van der Waals surface area contributed by atoms with Gasteiger partial charge in [-0.25, -0.2) is 0 Å². The Morgan fingerprint density at radius 1 is 1.50 bits per heavy atom. The highest BCUT2D eigenvalue weighted by Gasteiger charge is 2.14. The zero-order chi connectivity index (χ0) is 9.80. The van der Waals surface area contributed by atoms with Crippen LogP contribution < -0.4 is 10.1 Å². The Bertz CT molecular complexity index is 295. The molecule has 76 valence electrons. The third-order valence-corrected chi connectivity index (χ3v) is 2.42. The molecule has 14 heavy (non-hydrogen) atoms. The molecule has 3 nitrogen and oxygen atoms in total. The second-order valence-corrected chi connectivity index (χ2v) is 3.36. The second kappa shape index (κ2) is 4.44. The van der Waals surface area contributed by atoms with Gasteiger partial charge in [0.15, 0.2) is 0 Å². The number of benzene rings is 1. The maximum atomic E-state index is 5.41. The van der Waals surface area contributed by atoms with Crippen molar-refractivity contribution >= 4 is 0 Å². The lowest BCUT2D eigenvalue weighted by Gasteiger charge is -2.24. The van der Waals surface area contributed by atoms with Crippen LogP contribution in [0.3, 0.4) is 0 Å². The molecule has 1 saturated heterocycles. The lowest BCUT2D eigenvalue weighted by Crippen LogP contribution is -2.34. The first kappa shape index (κ1) is 9.49. The maximum absolute atomic E-state index is 5.41. The Hall–Kier alpha value is -1.06. The largest absolute Gasteiger partial charge is 0.497 e. The van der Waals surface area contributed by atoms with Gasteiger partial charge in [-0.15, -0.1) is 0 Å². The van der Waals surface area contributed by atoms with E-state index in [-0.39, 0.29) is 0 Å². The molecule has 2 rings (SSSR count). The highest BCUT2D eigenvalue weighted by Crippen LogP contribution is 2.20. The second-order valence-electron chi connectivity index (χ2n) is 3.36. The van der Waals surface area contributed by atoms with E-state index >= 15 is 0 Å². The molecule has 0 radical (unpaired) electrons. The van der Waals surface area contributed by atoms with Crippen molar-refractivity contribution in [2.24, 2.45) is 0 Å². The SMILES string of the molecule is COc1cccc(C2COCCN2)c1. The summed E-state index contributed by atoms with van der Waals surface area (Å²) in [6.45, 7) is 2.47. The molecule has 0 spiro atoms. The van der Waals surface area contributed by atoms with Crippen molar-refractivity contribution in [2.45, 2.75) is 6.04 Å². The first-order chi connectivity index (χ1) is 6.90. The number of methoxy groups -OCH3 is 1. The van der Waals surface area contributed by atoms with Crippen LogP contribution in [0, 0.1) is 0 Å². The van der Waals surface area contributed by atoms with Crippen LogP contribution in [0.5, 0.6) is 5.75 Å². The van der Waals surface area contributed by atoms with Crippen molar-refractivity contribution in [1.82, 2.24) is 5.32 Å². The summed E-state index contributed by atoms with van der Waals surface area (Å²) in [4.78, 5) is 0. The topological polar surface area (TPSA) is 30.5 Å². The average Bonchev–Trinajstić information content (AvgIpc) is 2.30. The van der Waals surface area contributed by atoms with Crippen LogP contribution >= 0.6 is 0 Å². The summed E-state index contributed by atoms with van der Waals surface area (Å²) in [5.41, 5.74) is 1.23. The lowest BCUT2D eigenvalue weighted by atomic mass is 10.1. The minimum absolute atomic E-state index is 0.304. The molecule has 1 aliphatic rings.